The van der Waals surface area contributed by atoms with Gasteiger partial charge in [0.05, 0.1) is 5.02 Å². The van der Waals surface area contributed by atoms with Crippen LogP contribution in [-0.2, 0) is 14.8 Å². The Morgan fingerprint density at radius 1 is 1.50 bits per heavy atom. The second-order valence-electron chi connectivity index (χ2n) is 2.82. The Balaban J connectivity index is 3.04. The minimum atomic E-state index is -3.95. The third-order valence-corrected chi connectivity index (χ3v) is 2.96. The van der Waals surface area contributed by atoms with Gasteiger partial charge >= 0.3 is 5.97 Å². The van der Waals surface area contributed by atoms with E-state index in [1.807, 2.05) is 0 Å². The van der Waals surface area contributed by atoms with Gasteiger partial charge in [-0.3, -0.25) is 0 Å². The molecule has 0 saturated carbocycles. The molecule has 8 heteroatoms. The van der Waals surface area contributed by atoms with E-state index < -0.39 is 22.6 Å². The molecule has 0 unspecified atom stereocenters. The summed E-state index contributed by atoms with van der Waals surface area (Å²) in [6, 6.07) is 3.68. The van der Waals surface area contributed by atoms with Crippen LogP contribution in [0.5, 0.6) is 5.75 Å². The average Bonchev–Trinajstić information content (AvgIpc) is 2.14. The topological polar surface area (TPSA) is 107 Å². The number of hydrogen-bond donors (Lipinski definition) is 2. The molecule has 0 spiro atoms. The van der Waals surface area contributed by atoms with Crippen molar-refractivity contribution in [2.45, 2.75) is 4.90 Å². The number of ether oxygens (including phenoxy) is 1. The zero-order valence-corrected chi connectivity index (χ0v) is 9.46. The van der Waals surface area contributed by atoms with Crippen molar-refractivity contribution in [1.82, 2.24) is 0 Å². The number of rotatable bonds is 4. The predicted molar refractivity (Wildman–Crippen MR) is 56.0 cm³/mol. The lowest BCUT2D eigenvalue weighted by Gasteiger charge is -2.06. The number of carboxylic acids is 1. The maximum absolute atomic E-state index is 11.1. The number of hydrogen-bond acceptors (Lipinski definition) is 4. The van der Waals surface area contributed by atoms with Crippen molar-refractivity contribution in [1.29, 1.82) is 0 Å². The van der Waals surface area contributed by atoms with Crippen molar-refractivity contribution in [3.63, 3.8) is 0 Å². The molecule has 0 aliphatic carbocycles. The number of halogens is 1. The fourth-order valence-electron chi connectivity index (χ4n) is 0.937. The summed E-state index contributed by atoms with van der Waals surface area (Å²) in [6.07, 6.45) is 0. The fraction of sp³-hybridized carbons (Fsp3) is 0.125. The summed E-state index contributed by atoms with van der Waals surface area (Å²) in [4.78, 5) is 9.92. The largest absolute Gasteiger partial charge is 0.482 e. The first-order valence-electron chi connectivity index (χ1n) is 3.97. The zero-order valence-electron chi connectivity index (χ0n) is 7.88. The number of benzene rings is 1. The molecule has 0 heterocycles. The first-order chi connectivity index (χ1) is 7.30. The maximum Gasteiger partial charge on any atom is 0.341 e. The molecule has 0 amide bonds. The highest BCUT2D eigenvalue weighted by atomic mass is 35.5. The number of carboxylic acid groups (broad SMARTS) is 1. The van der Waals surface area contributed by atoms with E-state index in [2.05, 4.69) is 0 Å². The second-order valence-corrected chi connectivity index (χ2v) is 4.76. The lowest BCUT2D eigenvalue weighted by atomic mass is 10.3. The summed E-state index contributed by atoms with van der Waals surface area (Å²) in [5.74, 6) is -1.11. The number of aliphatic carboxylic acids is 1. The molecule has 88 valence electrons. The van der Waals surface area contributed by atoms with E-state index in [-0.39, 0.29) is 15.7 Å². The van der Waals surface area contributed by atoms with Crippen LogP contribution in [0.4, 0.5) is 0 Å². The van der Waals surface area contributed by atoms with Gasteiger partial charge in [0, 0.05) is 6.07 Å². The molecule has 1 aromatic carbocycles. The molecule has 0 aliphatic rings. The van der Waals surface area contributed by atoms with E-state index >= 15 is 0 Å². The van der Waals surface area contributed by atoms with Crippen LogP contribution in [0.2, 0.25) is 5.02 Å². The molecule has 16 heavy (non-hydrogen) atoms. The molecule has 0 fully saturated rings. The van der Waals surface area contributed by atoms with E-state index in [1.165, 1.54) is 12.1 Å². The van der Waals surface area contributed by atoms with Crippen molar-refractivity contribution >= 4 is 27.6 Å². The summed E-state index contributed by atoms with van der Waals surface area (Å²) < 4.78 is 26.9. The first kappa shape index (κ1) is 12.8. The van der Waals surface area contributed by atoms with Crippen LogP contribution in [0.25, 0.3) is 0 Å². The molecule has 0 aromatic heterocycles. The average molecular weight is 266 g/mol. The van der Waals surface area contributed by atoms with Crippen LogP contribution < -0.4 is 9.88 Å². The van der Waals surface area contributed by atoms with Gasteiger partial charge < -0.3 is 9.84 Å². The van der Waals surface area contributed by atoms with Gasteiger partial charge in [0.1, 0.15) is 10.6 Å². The van der Waals surface area contributed by atoms with Crippen molar-refractivity contribution in [2.75, 3.05) is 6.61 Å². The van der Waals surface area contributed by atoms with Crippen LogP contribution in [0.15, 0.2) is 23.1 Å². The van der Waals surface area contributed by atoms with Gasteiger partial charge in [-0.2, -0.15) is 0 Å². The van der Waals surface area contributed by atoms with E-state index in [0.29, 0.717) is 0 Å². The van der Waals surface area contributed by atoms with E-state index in [0.717, 1.165) is 6.07 Å². The van der Waals surface area contributed by atoms with Crippen LogP contribution in [0, 0.1) is 0 Å². The third-order valence-electron chi connectivity index (χ3n) is 1.57. The zero-order chi connectivity index (χ0) is 12.3. The van der Waals surface area contributed by atoms with E-state index in [1.54, 1.807) is 0 Å². The third kappa shape index (κ3) is 3.37. The molecule has 1 rings (SSSR count). The van der Waals surface area contributed by atoms with Crippen LogP contribution in [0.3, 0.4) is 0 Å². The maximum atomic E-state index is 11.1. The summed E-state index contributed by atoms with van der Waals surface area (Å²) in [5.41, 5.74) is 0. The van der Waals surface area contributed by atoms with Gasteiger partial charge in [0.2, 0.25) is 10.0 Å². The van der Waals surface area contributed by atoms with Crippen LogP contribution >= 0.6 is 11.6 Å². The summed E-state index contributed by atoms with van der Waals surface area (Å²) in [5, 5.41) is 13.2. The Bertz CT molecular complexity index is 513. The smallest absolute Gasteiger partial charge is 0.341 e. The summed E-state index contributed by atoms with van der Waals surface area (Å²) >= 11 is 5.61. The SMILES string of the molecule is NS(=O)(=O)c1cc(OCC(=O)O)ccc1Cl. The van der Waals surface area contributed by atoms with Crippen molar-refractivity contribution in [2.24, 2.45) is 5.14 Å². The highest BCUT2D eigenvalue weighted by molar-refractivity contribution is 7.89. The van der Waals surface area contributed by atoms with Crippen LogP contribution in [-0.4, -0.2) is 26.1 Å². The molecule has 1 aromatic rings. The van der Waals surface area contributed by atoms with Gasteiger partial charge in [0.15, 0.2) is 6.61 Å². The molecule has 3 N–H and O–H groups in total. The van der Waals surface area contributed by atoms with Gasteiger partial charge in [-0.05, 0) is 12.1 Å². The molecule has 0 aliphatic heterocycles. The lowest BCUT2D eigenvalue weighted by Crippen LogP contribution is -2.14. The Morgan fingerprint density at radius 2 is 2.12 bits per heavy atom. The molecule has 0 saturated heterocycles. The molecular weight excluding hydrogens is 258 g/mol. The second kappa shape index (κ2) is 4.69. The quantitative estimate of drug-likeness (QED) is 0.822. The van der Waals surface area contributed by atoms with Gasteiger partial charge in [-0.25, -0.2) is 18.4 Å². The number of carbonyl (C=O) groups is 1. The predicted octanol–water partition coefficient (Wildman–Crippen LogP) is 0.451. The number of nitrogens with two attached hydrogens (primary N) is 1. The molecule has 0 bridgehead atoms. The van der Waals surface area contributed by atoms with Gasteiger partial charge in [-0.1, -0.05) is 11.6 Å². The van der Waals surface area contributed by atoms with Crippen molar-refractivity contribution in [3.8, 4) is 5.75 Å². The Hall–Kier alpha value is -1.31. The number of primary sulfonamides is 1. The molecule has 0 radical (unpaired) electrons. The Labute approximate surface area is 96.6 Å². The standard InChI is InChI=1S/C8H8ClNO5S/c9-6-2-1-5(15-4-8(11)12)3-7(6)16(10,13)14/h1-3H,4H2,(H,11,12)(H2,10,13,14). The van der Waals surface area contributed by atoms with Gasteiger partial charge in [0.25, 0.3) is 0 Å². The Kier molecular flexibility index (Phi) is 3.74. The van der Waals surface area contributed by atoms with Crippen LogP contribution in [0.1, 0.15) is 0 Å². The lowest BCUT2D eigenvalue weighted by molar-refractivity contribution is -0.139. The van der Waals surface area contributed by atoms with Crippen molar-refractivity contribution < 1.29 is 23.1 Å². The Morgan fingerprint density at radius 3 is 2.62 bits per heavy atom. The van der Waals surface area contributed by atoms with E-state index in [4.69, 9.17) is 26.6 Å². The molecule has 6 nitrogen and oxygen atoms in total. The highest BCUT2D eigenvalue weighted by Gasteiger charge is 2.14. The highest BCUT2D eigenvalue weighted by Crippen LogP contribution is 2.25. The molecule has 0 atom stereocenters. The normalized spacial score (nSPS) is 11.1. The van der Waals surface area contributed by atoms with Crippen molar-refractivity contribution in [3.05, 3.63) is 23.2 Å². The van der Waals surface area contributed by atoms with E-state index in [9.17, 15) is 13.2 Å². The minimum Gasteiger partial charge on any atom is -0.482 e. The number of sulfonamides is 1. The summed E-state index contributed by atoms with van der Waals surface area (Å²) in [6.45, 7) is -0.578. The first-order valence-corrected chi connectivity index (χ1v) is 5.90. The minimum absolute atomic E-state index is 0.0508. The van der Waals surface area contributed by atoms with Gasteiger partial charge in [-0.15, -0.1) is 0 Å². The fourth-order valence-corrected chi connectivity index (χ4v) is 2.00. The molecular formula is C8H8ClNO5S. The summed E-state index contributed by atoms with van der Waals surface area (Å²) in [7, 11) is -3.95. The monoisotopic (exact) mass is 265 g/mol.